The highest BCUT2D eigenvalue weighted by molar-refractivity contribution is 5.78. The standard InChI is InChI=1S/C10H15N3O/c11-2-1-10(14)13-5-7-3-9(12)4-8(7)6-13/h7-9H,1,3-6,12H2. The molecule has 2 fully saturated rings. The van der Waals surface area contributed by atoms with E-state index in [1.54, 1.807) is 0 Å². The molecule has 4 heteroatoms. The molecular formula is C10H15N3O. The lowest BCUT2D eigenvalue weighted by atomic mass is 10.0. The van der Waals surface area contributed by atoms with E-state index in [2.05, 4.69) is 0 Å². The molecular weight excluding hydrogens is 178 g/mol. The van der Waals surface area contributed by atoms with Gasteiger partial charge in [0.2, 0.25) is 5.91 Å². The number of nitrogens with zero attached hydrogens (tertiary/aromatic N) is 2. The number of hydrogen-bond acceptors (Lipinski definition) is 3. The second-order valence-electron chi connectivity index (χ2n) is 4.39. The van der Waals surface area contributed by atoms with E-state index in [0.717, 1.165) is 25.9 Å². The van der Waals surface area contributed by atoms with E-state index in [4.69, 9.17) is 11.0 Å². The fourth-order valence-electron chi connectivity index (χ4n) is 2.73. The van der Waals surface area contributed by atoms with Gasteiger partial charge in [-0.25, -0.2) is 0 Å². The summed E-state index contributed by atoms with van der Waals surface area (Å²) < 4.78 is 0. The Balaban J connectivity index is 1.91. The molecule has 2 unspecified atom stereocenters. The first-order valence-corrected chi connectivity index (χ1v) is 5.11. The largest absolute Gasteiger partial charge is 0.341 e. The Morgan fingerprint density at radius 2 is 2.00 bits per heavy atom. The van der Waals surface area contributed by atoms with Crippen molar-refractivity contribution >= 4 is 5.91 Å². The topological polar surface area (TPSA) is 70.1 Å². The van der Waals surface area contributed by atoms with E-state index in [9.17, 15) is 4.79 Å². The van der Waals surface area contributed by atoms with Crippen molar-refractivity contribution < 1.29 is 4.79 Å². The Bertz CT molecular complexity index is 270. The van der Waals surface area contributed by atoms with Crippen LogP contribution in [0.15, 0.2) is 0 Å². The van der Waals surface area contributed by atoms with Gasteiger partial charge in [0, 0.05) is 19.1 Å². The zero-order valence-corrected chi connectivity index (χ0v) is 8.15. The summed E-state index contributed by atoms with van der Waals surface area (Å²) in [6.45, 7) is 1.64. The molecule has 1 aliphatic carbocycles. The van der Waals surface area contributed by atoms with E-state index < -0.39 is 0 Å². The van der Waals surface area contributed by atoms with Crippen LogP contribution in [0.5, 0.6) is 0 Å². The summed E-state index contributed by atoms with van der Waals surface area (Å²) in [4.78, 5) is 13.3. The smallest absolute Gasteiger partial charge is 0.236 e. The van der Waals surface area contributed by atoms with Crippen LogP contribution in [0.4, 0.5) is 0 Å². The van der Waals surface area contributed by atoms with E-state index in [-0.39, 0.29) is 12.3 Å². The molecule has 0 aromatic heterocycles. The van der Waals surface area contributed by atoms with E-state index >= 15 is 0 Å². The van der Waals surface area contributed by atoms with Crippen molar-refractivity contribution in [3.63, 3.8) is 0 Å². The number of amides is 1. The molecule has 2 aliphatic rings. The van der Waals surface area contributed by atoms with Gasteiger partial charge in [0.05, 0.1) is 6.07 Å². The minimum absolute atomic E-state index is 0.0181. The van der Waals surface area contributed by atoms with Crippen molar-refractivity contribution in [1.29, 1.82) is 5.26 Å². The molecule has 1 amide bonds. The van der Waals surface area contributed by atoms with Crippen molar-refractivity contribution in [3.8, 4) is 6.07 Å². The molecule has 0 radical (unpaired) electrons. The summed E-state index contributed by atoms with van der Waals surface area (Å²) in [5, 5.41) is 8.42. The van der Waals surface area contributed by atoms with Crippen LogP contribution in [0.3, 0.4) is 0 Å². The van der Waals surface area contributed by atoms with Gasteiger partial charge in [0.25, 0.3) is 0 Å². The number of fused-ring (bicyclic) bond motifs is 1. The predicted octanol–water partition coefficient (Wildman–Crippen LogP) is 0.0958. The first-order chi connectivity index (χ1) is 6.70. The zero-order valence-electron chi connectivity index (χ0n) is 8.15. The highest BCUT2D eigenvalue weighted by atomic mass is 16.2. The molecule has 14 heavy (non-hydrogen) atoms. The number of carbonyl (C=O) groups is 1. The summed E-state index contributed by atoms with van der Waals surface area (Å²) >= 11 is 0. The van der Waals surface area contributed by atoms with E-state index in [1.165, 1.54) is 0 Å². The second-order valence-corrected chi connectivity index (χ2v) is 4.39. The Hall–Kier alpha value is -1.08. The number of likely N-dealkylation sites (tertiary alicyclic amines) is 1. The molecule has 0 aromatic carbocycles. The zero-order chi connectivity index (χ0) is 10.1. The van der Waals surface area contributed by atoms with Crippen molar-refractivity contribution in [2.75, 3.05) is 13.1 Å². The van der Waals surface area contributed by atoms with Crippen LogP contribution in [-0.2, 0) is 4.79 Å². The molecule has 1 saturated carbocycles. The number of nitrogens with two attached hydrogens (primary N) is 1. The Morgan fingerprint density at radius 1 is 1.43 bits per heavy atom. The van der Waals surface area contributed by atoms with Gasteiger partial charge >= 0.3 is 0 Å². The first kappa shape index (κ1) is 9.47. The van der Waals surface area contributed by atoms with Crippen molar-refractivity contribution in [2.24, 2.45) is 17.6 Å². The second kappa shape index (κ2) is 3.58. The molecule has 1 heterocycles. The minimum atomic E-state index is -0.0181. The van der Waals surface area contributed by atoms with Crippen molar-refractivity contribution in [1.82, 2.24) is 4.90 Å². The minimum Gasteiger partial charge on any atom is -0.341 e. The lowest BCUT2D eigenvalue weighted by Crippen LogP contribution is -2.30. The van der Waals surface area contributed by atoms with Gasteiger partial charge in [-0.2, -0.15) is 5.26 Å². The van der Waals surface area contributed by atoms with Crippen LogP contribution in [0.25, 0.3) is 0 Å². The van der Waals surface area contributed by atoms with Gasteiger partial charge in [-0.3, -0.25) is 4.79 Å². The van der Waals surface area contributed by atoms with Gasteiger partial charge in [0.1, 0.15) is 6.42 Å². The lowest BCUT2D eigenvalue weighted by molar-refractivity contribution is -0.129. The van der Waals surface area contributed by atoms with Crippen LogP contribution in [0.2, 0.25) is 0 Å². The molecule has 76 valence electrons. The fraction of sp³-hybridized carbons (Fsp3) is 0.800. The maximum Gasteiger partial charge on any atom is 0.236 e. The number of hydrogen-bond donors (Lipinski definition) is 1. The van der Waals surface area contributed by atoms with Crippen molar-refractivity contribution in [2.45, 2.75) is 25.3 Å². The Morgan fingerprint density at radius 3 is 2.50 bits per heavy atom. The summed E-state index contributed by atoms with van der Waals surface area (Å²) in [5.74, 6) is 1.16. The third-order valence-corrected chi connectivity index (χ3v) is 3.37. The lowest BCUT2D eigenvalue weighted by Gasteiger charge is -2.16. The molecule has 2 N–H and O–H groups in total. The Kier molecular flexibility index (Phi) is 2.42. The third-order valence-electron chi connectivity index (χ3n) is 3.37. The highest BCUT2D eigenvalue weighted by Crippen LogP contribution is 2.37. The Labute approximate surface area is 83.7 Å². The van der Waals surface area contributed by atoms with Gasteiger partial charge in [-0.1, -0.05) is 0 Å². The summed E-state index contributed by atoms with van der Waals surface area (Å²) in [5.41, 5.74) is 5.85. The maximum absolute atomic E-state index is 11.4. The molecule has 0 bridgehead atoms. The molecule has 2 atom stereocenters. The van der Waals surface area contributed by atoms with E-state index in [0.29, 0.717) is 17.9 Å². The molecule has 4 nitrogen and oxygen atoms in total. The van der Waals surface area contributed by atoms with E-state index in [1.807, 2.05) is 11.0 Å². The van der Waals surface area contributed by atoms with Crippen LogP contribution >= 0.6 is 0 Å². The monoisotopic (exact) mass is 193 g/mol. The molecule has 2 rings (SSSR count). The molecule has 1 aliphatic heterocycles. The van der Waals surface area contributed by atoms with Crippen LogP contribution in [-0.4, -0.2) is 29.9 Å². The van der Waals surface area contributed by atoms with Gasteiger partial charge in [-0.15, -0.1) is 0 Å². The summed E-state index contributed by atoms with van der Waals surface area (Å²) in [6, 6.07) is 2.23. The van der Waals surface area contributed by atoms with Crippen molar-refractivity contribution in [3.05, 3.63) is 0 Å². The average Bonchev–Trinajstić information content (AvgIpc) is 2.61. The maximum atomic E-state index is 11.4. The SMILES string of the molecule is N#CCC(=O)N1CC2CC(N)CC2C1. The molecule has 1 saturated heterocycles. The van der Waals surface area contributed by atoms with Crippen LogP contribution in [0.1, 0.15) is 19.3 Å². The molecule has 0 spiro atoms. The quantitative estimate of drug-likeness (QED) is 0.642. The average molecular weight is 193 g/mol. The third kappa shape index (κ3) is 1.60. The number of rotatable bonds is 1. The summed E-state index contributed by atoms with van der Waals surface area (Å²) in [7, 11) is 0. The number of nitriles is 1. The normalized spacial score (nSPS) is 35.4. The predicted molar refractivity (Wildman–Crippen MR) is 51.0 cm³/mol. The van der Waals surface area contributed by atoms with Crippen LogP contribution in [0, 0.1) is 23.2 Å². The molecule has 0 aromatic rings. The van der Waals surface area contributed by atoms with Gasteiger partial charge < -0.3 is 10.6 Å². The first-order valence-electron chi connectivity index (χ1n) is 5.11. The highest BCUT2D eigenvalue weighted by Gasteiger charge is 2.40. The summed E-state index contributed by atoms with van der Waals surface area (Å²) in [6.07, 6.45) is 2.10. The fourth-order valence-corrected chi connectivity index (χ4v) is 2.73. The van der Waals surface area contributed by atoms with Gasteiger partial charge in [0.15, 0.2) is 0 Å². The number of carbonyl (C=O) groups excluding carboxylic acids is 1. The van der Waals surface area contributed by atoms with Gasteiger partial charge in [-0.05, 0) is 24.7 Å². The van der Waals surface area contributed by atoms with Crippen LogP contribution < -0.4 is 5.73 Å².